The van der Waals surface area contributed by atoms with Crippen molar-refractivity contribution in [3.05, 3.63) is 22.0 Å². The molecule has 1 unspecified atom stereocenters. The Labute approximate surface area is 87.8 Å². The van der Waals surface area contributed by atoms with Crippen molar-refractivity contribution in [2.75, 3.05) is 0 Å². The lowest BCUT2D eigenvalue weighted by molar-refractivity contribution is 0.528. The van der Waals surface area contributed by atoms with Crippen LogP contribution in [0, 0.1) is 22.7 Å². The molecule has 2 nitrogen and oxygen atoms in total. The van der Waals surface area contributed by atoms with Crippen LogP contribution >= 0.6 is 0 Å². The zero-order valence-electron chi connectivity index (χ0n) is 9.00. The molecule has 0 radical (unpaired) electrons. The Hall–Kier alpha value is -0.880. The average molecular weight is 209 g/mol. The van der Waals surface area contributed by atoms with Crippen LogP contribution in [0.25, 0.3) is 0 Å². The fourth-order valence-electron chi connectivity index (χ4n) is 1.30. The van der Waals surface area contributed by atoms with E-state index in [9.17, 15) is 4.21 Å². The van der Waals surface area contributed by atoms with E-state index < -0.39 is 10.8 Å². The zero-order valence-corrected chi connectivity index (χ0v) is 9.81. The molecule has 1 aliphatic heterocycles. The summed E-state index contributed by atoms with van der Waals surface area (Å²) in [6, 6.07) is 2.11. The van der Waals surface area contributed by atoms with Gasteiger partial charge >= 0.3 is 0 Å². The summed E-state index contributed by atoms with van der Waals surface area (Å²) in [5.41, 5.74) is -0.0850. The van der Waals surface area contributed by atoms with Crippen molar-refractivity contribution in [1.29, 1.82) is 5.26 Å². The van der Waals surface area contributed by atoms with Crippen LogP contribution in [-0.4, -0.2) is 4.21 Å². The van der Waals surface area contributed by atoms with E-state index >= 15 is 0 Å². The fourth-order valence-corrected chi connectivity index (χ4v) is 2.87. The van der Waals surface area contributed by atoms with Crippen LogP contribution in [0.3, 0.4) is 0 Å². The predicted molar refractivity (Wildman–Crippen MR) is 58.5 cm³/mol. The maximum Gasteiger partial charge on any atom is 0.0785 e. The molecule has 0 spiro atoms. The number of hydrogen-bond acceptors (Lipinski definition) is 2. The highest BCUT2D eigenvalue weighted by Gasteiger charge is 2.30. The molecule has 0 aliphatic carbocycles. The maximum absolute atomic E-state index is 12.0. The molecule has 76 valence electrons. The van der Waals surface area contributed by atoms with Gasteiger partial charge in [-0.25, -0.2) is 4.21 Å². The van der Waals surface area contributed by atoms with Gasteiger partial charge in [0.25, 0.3) is 0 Å². The van der Waals surface area contributed by atoms with E-state index in [1.165, 1.54) is 0 Å². The molecular weight excluding hydrogens is 194 g/mol. The molecule has 0 saturated carbocycles. The smallest absolute Gasteiger partial charge is 0.0785 e. The van der Waals surface area contributed by atoms with Gasteiger partial charge in [0, 0.05) is 9.81 Å². The highest BCUT2D eigenvalue weighted by atomic mass is 32.2. The third-order valence-corrected chi connectivity index (χ3v) is 4.24. The Morgan fingerprint density at radius 1 is 1.43 bits per heavy atom. The first-order valence-corrected chi connectivity index (χ1v) is 5.76. The fraction of sp³-hybridized carbons (Fsp3) is 0.545. The Kier molecular flexibility index (Phi) is 2.96. The molecular formula is C11H15NOS. The molecule has 1 rings (SSSR count). The van der Waals surface area contributed by atoms with Gasteiger partial charge in [-0.1, -0.05) is 20.8 Å². The number of nitrogens with zero attached hydrogens (tertiary/aromatic N) is 1. The third-order valence-electron chi connectivity index (χ3n) is 2.17. The lowest BCUT2D eigenvalue weighted by Gasteiger charge is -2.20. The van der Waals surface area contributed by atoms with E-state index in [0.29, 0.717) is 0 Å². The molecule has 0 aromatic heterocycles. The lowest BCUT2D eigenvalue weighted by Crippen LogP contribution is -2.14. The van der Waals surface area contributed by atoms with E-state index in [0.717, 1.165) is 9.81 Å². The van der Waals surface area contributed by atoms with Gasteiger partial charge in [0.15, 0.2) is 0 Å². The van der Waals surface area contributed by atoms with E-state index in [1.54, 1.807) is 6.92 Å². The van der Waals surface area contributed by atoms with E-state index in [1.807, 2.05) is 32.9 Å². The summed E-state index contributed by atoms with van der Waals surface area (Å²) in [7, 11) is -1.10. The highest BCUT2D eigenvalue weighted by Crippen LogP contribution is 2.36. The minimum Gasteiger partial charge on any atom is -0.250 e. The van der Waals surface area contributed by atoms with Crippen molar-refractivity contribution in [2.24, 2.45) is 11.3 Å². The van der Waals surface area contributed by atoms with Crippen LogP contribution in [0.5, 0.6) is 0 Å². The Morgan fingerprint density at radius 2 is 2.00 bits per heavy atom. The van der Waals surface area contributed by atoms with Crippen molar-refractivity contribution in [1.82, 2.24) is 0 Å². The molecule has 2 atom stereocenters. The minimum absolute atomic E-state index is 0.0850. The van der Waals surface area contributed by atoms with Gasteiger partial charge in [0.2, 0.25) is 0 Å². The molecule has 0 bridgehead atoms. The monoisotopic (exact) mass is 209 g/mol. The van der Waals surface area contributed by atoms with Crippen molar-refractivity contribution in [2.45, 2.75) is 27.7 Å². The first kappa shape index (κ1) is 11.2. The van der Waals surface area contributed by atoms with Crippen molar-refractivity contribution in [3.8, 4) is 6.07 Å². The number of hydrogen-bond donors (Lipinski definition) is 0. The molecule has 0 saturated heterocycles. The van der Waals surface area contributed by atoms with Gasteiger partial charge < -0.3 is 0 Å². The standard InChI is InChI=1S/C11H15NOS/c1-8(7-12)9-5-6-10(14(9)13)11(2,3)4/h5-6,8H,1-4H3/t8-,14?/m0/s1. The van der Waals surface area contributed by atoms with Gasteiger partial charge in [-0.15, -0.1) is 0 Å². The minimum atomic E-state index is -1.10. The largest absolute Gasteiger partial charge is 0.250 e. The van der Waals surface area contributed by atoms with Crippen LogP contribution in [0.4, 0.5) is 0 Å². The summed E-state index contributed by atoms with van der Waals surface area (Å²) in [6.45, 7) is 7.88. The normalized spacial score (nSPS) is 23.8. The van der Waals surface area contributed by atoms with Gasteiger partial charge in [-0.05, 0) is 24.5 Å². The van der Waals surface area contributed by atoms with E-state index in [2.05, 4.69) is 6.07 Å². The predicted octanol–water partition coefficient (Wildman–Crippen LogP) is 2.72. The van der Waals surface area contributed by atoms with Crippen LogP contribution in [0.15, 0.2) is 22.0 Å². The molecule has 0 aromatic carbocycles. The van der Waals surface area contributed by atoms with E-state index in [4.69, 9.17) is 5.26 Å². The van der Waals surface area contributed by atoms with Crippen LogP contribution in [0.2, 0.25) is 0 Å². The second-order valence-corrected chi connectivity index (χ2v) is 5.92. The van der Waals surface area contributed by atoms with Gasteiger partial charge in [0.1, 0.15) is 0 Å². The summed E-state index contributed by atoms with van der Waals surface area (Å²) in [5.74, 6) is -0.257. The van der Waals surface area contributed by atoms with E-state index in [-0.39, 0.29) is 11.3 Å². The maximum atomic E-state index is 12.0. The Morgan fingerprint density at radius 3 is 2.36 bits per heavy atom. The first-order valence-electron chi connectivity index (χ1n) is 4.61. The quantitative estimate of drug-likeness (QED) is 0.666. The molecule has 0 N–H and O–H groups in total. The molecule has 1 aliphatic rings. The molecule has 3 heteroatoms. The summed E-state index contributed by atoms with van der Waals surface area (Å²) in [6.07, 6.45) is 3.71. The SMILES string of the molecule is C[C@@H](C#N)C1=CC=C(C(C)(C)C)S1=O. The second-order valence-electron chi connectivity index (χ2n) is 4.47. The number of nitriles is 1. The van der Waals surface area contributed by atoms with Crippen molar-refractivity contribution >= 4 is 10.8 Å². The van der Waals surface area contributed by atoms with Gasteiger partial charge in [-0.2, -0.15) is 5.26 Å². The number of allylic oxidation sites excluding steroid dienone is 4. The van der Waals surface area contributed by atoms with Crippen LogP contribution in [0.1, 0.15) is 27.7 Å². The number of rotatable bonds is 1. The van der Waals surface area contributed by atoms with Crippen LogP contribution < -0.4 is 0 Å². The van der Waals surface area contributed by atoms with Gasteiger partial charge in [-0.3, -0.25) is 0 Å². The first-order chi connectivity index (χ1) is 6.38. The molecule has 14 heavy (non-hydrogen) atoms. The molecule has 0 amide bonds. The second kappa shape index (κ2) is 3.70. The summed E-state index contributed by atoms with van der Waals surface area (Å²) < 4.78 is 12.0. The molecule has 0 fully saturated rings. The molecule has 0 aromatic rings. The van der Waals surface area contributed by atoms with Crippen molar-refractivity contribution in [3.63, 3.8) is 0 Å². The summed E-state index contributed by atoms with van der Waals surface area (Å²) in [5, 5.41) is 8.75. The van der Waals surface area contributed by atoms with Crippen molar-refractivity contribution < 1.29 is 4.21 Å². The third kappa shape index (κ3) is 1.96. The average Bonchev–Trinajstić information content (AvgIpc) is 2.45. The molecule has 1 heterocycles. The lowest BCUT2D eigenvalue weighted by atomic mass is 9.96. The highest BCUT2D eigenvalue weighted by molar-refractivity contribution is 7.93. The zero-order chi connectivity index (χ0) is 10.9. The topological polar surface area (TPSA) is 40.9 Å². The van der Waals surface area contributed by atoms with Gasteiger partial charge in [0.05, 0.1) is 22.8 Å². The van der Waals surface area contributed by atoms with Crippen LogP contribution in [-0.2, 0) is 10.8 Å². The Balaban J connectivity index is 2.91. The summed E-state index contributed by atoms with van der Waals surface area (Å²) >= 11 is 0. The summed E-state index contributed by atoms with van der Waals surface area (Å²) in [4.78, 5) is 1.65. The Bertz CT molecular complexity index is 366.